The average Bonchev–Trinajstić information content (AvgIpc) is 2.15. The van der Waals surface area contributed by atoms with Crippen molar-refractivity contribution in [1.29, 1.82) is 0 Å². The second-order valence-electron chi connectivity index (χ2n) is 3.42. The van der Waals surface area contributed by atoms with Gasteiger partial charge in [-0.2, -0.15) is 0 Å². The Morgan fingerprint density at radius 2 is 2.17 bits per heavy atom. The molecule has 0 amide bonds. The third-order valence-corrected chi connectivity index (χ3v) is 2.68. The molecule has 0 aliphatic carbocycles. The summed E-state index contributed by atoms with van der Waals surface area (Å²) in [4.78, 5) is 0. The van der Waals surface area contributed by atoms with E-state index in [-0.39, 0.29) is 0 Å². The molecule has 1 saturated heterocycles. The highest BCUT2D eigenvalue weighted by atomic mass is 16.5. The van der Waals surface area contributed by atoms with Crippen LogP contribution >= 0.6 is 0 Å². The molecule has 12 heavy (non-hydrogen) atoms. The summed E-state index contributed by atoms with van der Waals surface area (Å²) in [6.07, 6.45) is 3.46. The van der Waals surface area contributed by atoms with Crippen LogP contribution in [0, 0.1) is 5.92 Å². The fourth-order valence-electron chi connectivity index (χ4n) is 1.91. The van der Waals surface area contributed by atoms with Gasteiger partial charge in [-0.1, -0.05) is 0 Å². The molecule has 0 aromatic heterocycles. The maximum Gasteiger partial charge on any atom is 0.0469 e. The van der Waals surface area contributed by atoms with Gasteiger partial charge in [-0.25, -0.2) is 0 Å². The molecule has 1 fully saturated rings. The molecule has 1 atom stereocenters. The van der Waals surface area contributed by atoms with Crippen LogP contribution in [0.2, 0.25) is 0 Å². The highest BCUT2D eigenvalue weighted by Gasteiger charge is 2.21. The second kappa shape index (κ2) is 5.51. The Morgan fingerprint density at radius 1 is 1.50 bits per heavy atom. The van der Waals surface area contributed by atoms with E-state index in [1.807, 2.05) is 7.05 Å². The molecule has 0 aromatic rings. The Kier molecular flexibility index (Phi) is 4.58. The maximum absolute atomic E-state index is 5.54. The Hall–Kier alpha value is -0.120. The van der Waals surface area contributed by atoms with Gasteiger partial charge in [0.05, 0.1) is 0 Å². The molecule has 72 valence electrons. The van der Waals surface area contributed by atoms with Crippen molar-refractivity contribution in [2.24, 2.45) is 11.7 Å². The zero-order chi connectivity index (χ0) is 8.81. The van der Waals surface area contributed by atoms with Crippen LogP contribution in [0.15, 0.2) is 0 Å². The summed E-state index contributed by atoms with van der Waals surface area (Å²) in [6.45, 7) is 2.63. The molecule has 1 aliphatic rings. The molecule has 0 spiro atoms. The molecular formula is C9H20N2O. The molecule has 0 radical (unpaired) electrons. The van der Waals surface area contributed by atoms with E-state index in [1.54, 1.807) is 0 Å². The third-order valence-electron chi connectivity index (χ3n) is 2.68. The molecule has 0 saturated carbocycles. The zero-order valence-corrected chi connectivity index (χ0v) is 7.88. The predicted molar refractivity (Wildman–Crippen MR) is 50.1 cm³/mol. The van der Waals surface area contributed by atoms with Gasteiger partial charge < -0.3 is 15.8 Å². The van der Waals surface area contributed by atoms with E-state index in [4.69, 9.17) is 10.5 Å². The molecule has 1 unspecified atom stereocenters. The Bertz CT molecular complexity index is 110. The SMILES string of the molecule is CNC(CCN)C1CCOCC1. The minimum absolute atomic E-state index is 0.596. The minimum Gasteiger partial charge on any atom is -0.381 e. The second-order valence-corrected chi connectivity index (χ2v) is 3.42. The van der Waals surface area contributed by atoms with E-state index in [9.17, 15) is 0 Å². The lowest BCUT2D eigenvalue weighted by Crippen LogP contribution is -2.38. The van der Waals surface area contributed by atoms with Crippen molar-refractivity contribution in [2.45, 2.75) is 25.3 Å². The number of hydrogen-bond donors (Lipinski definition) is 2. The first-order valence-electron chi connectivity index (χ1n) is 4.83. The van der Waals surface area contributed by atoms with E-state index in [0.717, 1.165) is 32.1 Å². The van der Waals surface area contributed by atoms with Crippen LogP contribution in [-0.4, -0.2) is 32.8 Å². The van der Waals surface area contributed by atoms with Crippen molar-refractivity contribution in [3.05, 3.63) is 0 Å². The summed E-state index contributed by atoms with van der Waals surface area (Å²) in [7, 11) is 2.02. The number of rotatable bonds is 4. The van der Waals surface area contributed by atoms with Gasteiger partial charge in [0, 0.05) is 19.3 Å². The van der Waals surface area contributed by atoms with E-state index < -0.39 is 0 Å². The van der Waals surface area contributed by atoms with E-state index in [2.05, 4.69) is 5.32 Å². The fraction of sp³-hybridized carbons (Fsp3) is 1.00. The first-order valence-corrected chi connectivity index (χ1v) is 4.83. The lowest BCUT2D eigenvalue weighted by atomic mass is 9.90. The molecular weight excluding hydrogens is 152 g/mol. The van der Waals surface area contributed by atoms with Gasteiger partial charge in [0.25, 0.3) is 0 Å². The van der Waals surface area contributed by atoms with Crippen LogP contribution in [0.25, 0.3) is 0 Å². The summed E-state index contributed by atoms with van der Waals surface area (Å²) in [5.41, 5.74) is 5.54. The van der Waals surface area contributed by atoms with Crippen LogP contribution in [-0.2, 0) is 4.74 Å². The Balaban J connectivity index is 2.29. The third kappa shape index (κ3) is 2.73. The van der Waals surface area contributed by atoms with Crippen molar-refractivity contribution in [1.82, 2.24) is 5.32 Å². The summed E-state index contributed by atoms with van der Waals surface area (Å²) in [6, 6.07) is 0.596. The zero-order valence-electron chi connectivity index (χ0n) is 7.88. The van der Waals surface area contributed by atoms with Gasteiger partial charge in [-0.05, 0) is 38.8 Å². The molecule has 1 aliphatic heterocycles. The predicted octanol–water partition coefficient (Wildman–Crippen LogP) is 0.350. The maximum atomic E-state index is 5.54. The first-order chi connectivity index (χ1) is 5.88. The molecule has 0 aromatic carbocycles. The van der Waals surface area contributed by atoms with Crippen LogP contribution < -0.4 is 11.1 Å². The average molecular weight is 172 g/mol. The molecule has 1 heterocycles. The van der Waals surface area contributed by atoms with Crippen molar-refractivity contribution in [3.8, 4) is 0 Å². The van der Waals surface area contributed by atoms with Crippen molar-refractivity contribution < 1.29 is 4.74 Å². The molecule has 1 rings (SSSR count). The topological polar surface area (TPSA) is 47.3 Å². The van der Waals surface area contributed by atoms with Crippen LogP contribution in [0.4, 0.5) is 0 Å². The van der Waals surface area contributed by atoms with Crippen LogP contribution in [0.1, 0.15) is 19.3 Å². The number of nitrogens with one attached hydrogen (secondary N) is 1. The van der Waals surface area contributed by atoms with E-state index in [1.165, 1.54) is 12.8 Å². The van der Waals surface area contributed by atoms with Gasteiger partial charge >= 0.3 is 0 Å². The summed E-state index contributed by atoms with van der Waals surface area (Å²) >= 11 is 0. The quantitative estimate of drug-likeness (QED) is 0.643. The molecule has 3 heteroatoms. The number of ether oxygens (including phenoxy) is 1. The standard InChI is InChI=1S/C9H20N2O/c1-11-9(2-5-10)8-3-6-12-7-4-8/h8-9,11H,2-7,10H2,1H3. The summed E-state index contributed by atoms with van der Waals surface area (Å²) in [5.74, 6) is 0.771. The van der Waals surface area contributed by atoms with Crippen LogP contribution in [0.5, 0.6) is 0 Å². The van der Waals surface area contributed by atoms with Gasteiger partial charge in [0.2, 0.25) is 0 Å². The Labute approximate surface area is 74.7 Å². The van der Waals surface area contributed by atoms with E-state index in [0.29, 0.717) is 6.04 Å². The number of nitrogens with two attached hydrogens (primary N) is 1. The molecule has 0 bridgehead atoms. The lowest BCUT2D eigenvalue weighted by Gasteiger charge is -2.29. The van der Waals surface area contributed by atoms with Crippen molar-refractivity contribution in [3.63, 3.8) is 0 Å². The lowest BCUT2D eigenvalue weighted by molar-refractivity contribution is 0.0539. The Morgan fingerprint density at radius 3 is 2.67 bits per heavy atom. The largest absolute Gasteiger partial charge is 0.381 e. The molecule has 3 N–H and O–H groups in total. The highest BCUT2D eigenvalue weighted by Crippen LogP contribution is 2.19. The normalized spacial score (nSPS) is 22.5. The van der Waals surface area contributed by atoms with Crippen molar-refractivity contribution >= 4 is 0 Å². The summed E-state index contributed by atoms with van der Waals surface area (Å²) < 4.78 is 5.31. The fourth-order valence-corrected chi connectivity index (χ4v) is 1.91. The monoisotopic (exact) mass is 172 g/mol. The van der Waals surface area contributed by atoms with Gasteiger partial charge in [0.1, 0.15) is 0 Å². The first kappa shape index (κ1) is 9.96. The number of hydrogen-bond acceptors (Lipinski definition) is 3. The smallest absolute Gasteiger partial charge is 0.0469 e. The van der Waals surface area contributed by atoms with Gasteiger partial charge in [-0.15, -0.1) is 0 Å². The van der Waals surface area contributed by atoms with E-state index >= 15 is 0 Å². The van der Waals surface area contributed by atoms with Gasteiger partial charge in [0.15, 0.2) is 0 Å². The molecule has 3 nitrogen and oxygen atoms in total. The summed E-state index contributed by atoms with van der Waals surface area (Å²) in [5, 5.41) is 3.34. The van der Waals surface area contributed by atoms with Gasteiger partial charge in [-0.3, -0.25) is 0 Å². The van der Waals surface area contributed by atoms with Crippen molar-refractivity contribution in [2.75, 3.05) is 26.8 Å². The minimum atomic E-state index is 0.596. The highest BCUT2D eigenvalue weighted by molar-refractivity contribution is 4.77. The van der Waals surface area contributed by atoms with Crippen LogP contribution in [0.3, 0.4) is 0 Å².